The zero-order valence-corrected chi connectivity index (χ0v) is 25.3. The number of halogens is 1. The molecule has 41 heavy (non-hydrogen) atoms. The highest BCUT2D eigenvalue weighted by molar-refractivity contribution is 9.10. The number of carbonyl (C=O) groups excluding carboxylic acids is 4. The molecule has 0 spiro atoms. The second-order valence-corrected chi connectivity index (χ2v) is 11.4. The van der Waals surface area contributed by atoms with E-state index in [0.29, 0.717) is 23.5 Å². The Labute approximate surface area is 248 Å². The van der Waals surface area contributed by atoms with Crippen LogP contribution in [-0.4, -0.2) is 49.7 Å². The summed E-state index contributed by atoms with van der Waals surface area (Å²) >= 11 is 3.53. The number of benzene rings is 3. The third kappa shape index (κ3) is 5.99. The molecule has 2 atom stereocenters. The van der Waals surface area contributed by atoms with Crippen molar-refractivity contribution in [2.45, 2.75) is 45.2 Å². The van der Waals surface area contributed by atoms with Crippen molar-refractivity contribution in [2.24, 2.45) is 11.7 Å². The molecule has 1 aliphatic rings. The molecule has 0 aromatic heterocycles. The van der Waals surface area contributed by atoms with Gasteiger partial charge in [0.05, 0.1) is 30.9 Å². The fourth-order valence-corrected chi connectivity index (χ4v) is 5.74. The number of nitrogens with zero attached hydrogens (tertiary/aromatic N) is 2. The van der Waals surface area contributed by atoms with Gasteiger partial charge in [-0.2, -0.15) is 0 Å². The van der Waals surface area contributed by atoms with E-state index in [1.807, 2.05) is 30.3 Å². The number of likely N-dealkylation sites (N-methyl/N-ethyl adjacent to an activating group) is 1. The number of amides is 3. The zero-order chi connectivity index (χ0) is 29.9. The number of carbonyl (C=O) groups is 4. The number of ether oxygens (including phenoxy) is 1. The Morgan fingerprint density at radius 1 is 1.10 bits per heavy atom. The van der Waals surface area contributed by atoms with Crippen LogP contribution < -0.4 is 25.6 Å². The van der Waals surface area contributed by atoms with Gasteiger partial charge in [-0.15, -0.1) is 0 Å². The first-order valence-electron chi connectivity index (χ1n) is 13.5. The van der Waals surface area contributed by atoms with E-state index in [9.17, 15) is 19.2 Å². The molecule has 1 heterocycles. The normalized spacial score (nSPS) is 16.6. The highest BCUT2D eigenvalue weighted by Gasteiger charge is 2.48. The van der Waals surface area contributed by atoms with Gasteiger partial charge in [-0.25, -0.2) is 0 Å². The van der Waals surface area contributed by atoms with E-state index in [1.54, 1.807) is 55.1 Å². The smallest absolute Gasteiger partial charge is 0.238 e. The molecule has 4 rings (SSSR count). The van der Waals surface area contributed by atoms with Crippen LogP contribution in [0.1, 0.15) is 38.7 Å². The minimum atomic E-state index is -1.46. The molecule has 3 amide bonds. The van der Waals surface area contributed by atoms with Crippen molar-refractivity contribution in [3.05, 3.63) is 64.6 Å². The Balaban J connectivity index is 1.89. The first-order valence-corrected chi connectivity index (χ1v) is 14.2. The molecule has 3 aromatic rings. The highest BCUT2D eigenvalue weighted by Crippen LogP contribution is 2.40. The van der Waals surface area contributed by atoms with Gasteiger partial charge in [-0.05, 0) is 68.4 Å². The topological polar surface area (TPSA) is 122 Å². The summed E-state index contributed by atoms with van der Waals surface area (Å²) in [5, 5.41) is 4.82. The second kappa shape index (κ2) is 12.4. The minimum absolute atomic E-state index is 0.000784. The van der Waals surface area contributed by atoms with E-state index in [4.69, 9.17) is 10.5 Å². The monoisotopic (exact) mass is 622 g/mol. The third-order valence-electron chi connectivity index (χ3n) is 7.93. The van der Waals surface area contributed by atoms with Gasteiger partial charge in [0.25, 0.3) is 0 Å². The SMILES string of the molecule is CNC(C)(C(N)=O)[C@@H]1CN(C(=O)CCCC(C)=O)c2ccccc2N(Cc2c(OC)ccc3cc(Br)ccc23)C1=O. The summed E-state index contributed by atoms with van der Waals surface area (Å²) in [5.41, 5.74) is 6.26. The first-order chi connectivity index (χ1) is 19.5. The lowest BCUT2D eigenvalue weighted by Crippen LogP contribution is -2.63. The number of nitrogens with one attached hydrogen (secondary N) is 1. The van der Waals surface area contributed by atoms with Crippen LogP contribution in [0, 0.1) is 5.92 Å². The standard InChI is InChI=1S/C31H35BrN4O5/c1-19(37)8-7-11-28(38)35-18-24(31(2,34-3)30(33)40)29(39)36(26-10-6-5-9-25(26)35)17-23-22-14-13-21(32)16-20(22)12-15-27(23)41-4/h5-6,9-10,12-16,24,34H,7-8,11,17-18H2,1-4H3,(H2,33,40)/t24-,31?/m1/s1. The van der Waals surface area contributed by atoms with E-state index in [2.05, 4.69) is 21.2 Å². The fourth-order valence-electron chi connectivity index (χ4n) is 5.37. The van der Waals surface area contributed by atoms with Crippen molar-refractivity contribution in [1.82, 2.24) is 5.32 Å². The molecule has 0 saturated carbocycles. The summed E-state index contributed by atoms with van der Waals surface area (Å²) in [6.07, 6.45) is 0.785. The van der Waals surface area contributed by atoms with E-state index in [-0.39, 0.29) is 43.5 Å². The number of Topliss-reactive ketones (excluding diaryl/α,β-unsaturated/α-hetero) is 1. The number of nitrogens with two attached hydrogens (primary N) is 1. The molecule has 0 radical (unpaired) electrons. The molecule has 3 N–H and O–H groups in total. The van der Waals surface area contributed by atoms with Gasteiger partial charge in [0, 0.05) is 29.4 Å². The number of anilines is 2. The molecule has 1 aliphatic heterocycles. The molecule has 0 aliphatic carbocycles. The fraction of sp³-hybridized carbons (Fsp3) is 0.355. The van der Waals surface area contributed by atoms with Crippen LogP contribution >= 0.6 is 15.9 Å². The number of hydrogen-bond acceptors (Lipinski definition) is 6. The van der Waals surface area contributed by atoms with Crippen molar-refractivity contribution in [1.29, 1.82) is 0 Å². The Bertz CT molecular complexity index is 1510. The maximum atomic E-state index is 14.5. The van der Waals surface area contributed by atoms with Crippen LogP contribution in [0.5, 0.6) is 5.75 Å². The van der Waals surface area contributed by atoms with Crippen molar-refractivity contribution in [3.63, 3.8) is 0 Å². The summed E-state index contributed by atoms with van der Waals surface area (Å²) in [5.74, 6) is -1.71. The van der Waals surface area contributed by atoms with Gasteiger partial charge in [-0.3, -0.25) is 14.4 Å². The number of primary amides is 1. The summed E-state index contributed by atoms with van der Waals surface area (Å²) < 4.78 is 6.65. The van der Waals surface area contributed by atoms with E-state index in [0.717, 1.165) is 20.8 Å². The number of methoxy groups -OCH3 is 1. The largest absolute Gasteiger partial charge is 0.496 e. The van der Waals surface area contributed by atoms with Crippen molar-refractivity contribution in [3.8, 4) is 5.75 Å². The van der Waals surface area contributed by atoms with Crippen LogP contribution in [0.25, 0.3) is 10.8 Å². The van der Waals surface area contributed by atoms with Gasteiger partial charge in [-0.1, -0.05) is 40.2 Å². The average Bonchev–Trinajstić information content (AvgIpc) is 3.07. The molecular weight excluding hydrogens is 588 g/mol. The molecule has 0 fully saturated rings. The van der Waals surface area contributed by atoms with E-state index in [1.165, 1.54) is 6.92 Å². The Kier molecular flexibility index (Phi) is 9.14. The number of hydrogen-bond donors (Lipinski definition) is 2. The van der Waals surface area contributed by atoms with Crippen LogP contribution in [0.4, 0.5) is 11.4 Å². The molecular formula is C31H35BrN4O5. The van der Waals surface area contributed by atoms with Crippen LogP contribution in [0.3, 0.4) is 0 Å². The maximum absolute atomic E-state index is 14.5. The van der Waals surface area contributed by atoms with Crippen LogP contribution in [0.15, 0.2) is 59.1 Å². The van der Waals surface area contributed by atoms with E-state index >= 15 is 0 Å². The molecule has 1 unspecified atom stereocenters. The van der Waals surface area contributed by atoms with Gasteiger partial charge in [0.2, 0.25) is 17.7 Å². The summed E-state index contributed by atoms with van der Waals surface area (Å²) in [6.45, 7) is 3.13. The number of rotatable bonds is 10. The molecule has 0 bridgehead atoms. The Hall–Kier alpha value is -3.76. The predicted molar refractivity (Wildman–Crippen MR) is 163 cm³/mol. The van der Waals surface area contributed by atoms with Crippen LogP contribution in [-0.2, 0) is 25.7 Å². The predicted octanol–water partition coefficient (Wildman–Crippen LogP) is 4.33. The third-order valence-corrected chi connectivity index (χ3v) is 8.42. The van der Waals surface area contributed by atoms with E-state index < -0.39 is 17.4 Å². The Morgan fingerprint density at radius 2 is 1.80 bits per heavy atom. The van der Waals surface area contributed by atoms with Crippen molar-refractivity contribution in [2.75, 3.05) is 30.5 Å². The molecule has 10 heteroatoms. The van der Waals surface area contributed by atoms with Crippen molar-refractivity contribution >= 4 is 61.6 Å². The van der Waals surface area contributed by atoms with Crippen molar-refractivity contribution < 1.29 is 23.9 Å². The first kappa shape index (κ1) is 30.2. The summed E-state index contributed by atoms with van der Waals surface area (Å²) in [6, 6.07) is 16.9. The minimum Gasteiger partial charge on any atom is -0.496 e. The molecule has 0 saturated heterocycles. The zero-order valence-electron chi connectivity index (χ0n) is 23.7. The lowest BCUT2D eigenvalue weighted by molar-refractivity contribution is -0.133. The quantitative estimate of drug-likeness (QED) is 0.347. The Morgan fingerprint density at radius 3 is 2.44 bits per heavy atom. The highest BCUT2D eigenvalue weighted by atomic mass is 79.9. The molecule has 9 nitrogen and oxygen atoms in total. The maximum Gasteiger partial charge on any atom is 0.238 e. The average molecular weight is 624 g/mol. The number of para-hydroxylation sites is 2. The van der Waals surface area contributed by atoms with Gasteiger partial charge >= 0.3 is 0 Å². The second-order valence-electron chi connectivity index (χ2n) is 10.5. The molecule has 216 valence electrons. The lowest BCUT2D eigenvalue weighted by Gasteiger charge is -2.36. The molecule has 3 aromatic carbocycles. The number of fused-ring (bicyclic) bond motifs is 2. The van der Waals surface area contributed by atoms with Gasteiger partial charge < -0.3 is 30.4 Å². The lowest BCUT2D eigenvalue weighted by atomic mass is 9.83. The van der Waals surface area contributed by atoms with Gasteiger partial charge in [0.15, 0.2) is 0 Å². The summed E-state index contributed by atoms with van der Waals surface area (Å²) in [4.78, 5) is 55.6. The number of ketones is 1. The van der Waals surface area contributed by atoms with Gasteiger partial charge in [0.1, 0.15) is 17.1 Å². The van der Waals surface area contributed by atoms with Crippen LogP contribution in [0.2, 0.25) is 0 Å². The summed E-state index contributed by atoms with van der Waals surface area (Å²) in [7, 11) is 3.15.